The van der Waals surface area contributed by atoms with Crippen LogP contribution in [-0.2, 0) is 0 Å². The van der Waals surface area contributed by atoms with Crippen LogP contribution in [0.5, 0.6) is 0 Å². The molecule has 1 aromatic rings. The van der Waals surface area contributed by atoms with E-state index in [0.29, 0.717) is 24.2 Å². The standard InChI is InChI=1S/C19H29N5O2/c1-4-22-12-17(24(25)26)19(23(13-22)11-14(2)3)21-18(15-7-8-15)16-6-5-9-20-10-16/h5-6,9-10,14-15,18,21H,4,7-8,11-13H2,1-3H3. The van der Waals surface area contributed by atoms with Crippen LogP contribution in [0.4, 0.5) is 0 Å². The predicted octanol–water partition coefficient (Wildman–Crippen LogP) is 2.82. The Morgan fingerprint density at radius 1 is 1.42 bits per heavy atom. The number of rotatable bonds is 8. The van der Waals surface area contributed by atoms with E-state index in [1.807, 2.05) is 19.2 Å². The Bertz CT molecular complexity index is 657. The summed E-state index contributed by atoms with van der Waals surface area (Å²) in [5, 5.41) is 15.4. The van der Waals surface area contributed by atoms with Crippen molar-refractivity contribution in [3.8, 4) is 0 Å². The Morgan fingerprint density at radius 3 is 2.73 bits per heavy atom. The normalized spacial score (nSPS) is 19.8. The zero-order valence-electron chi connectivity index (χ0n) is 15.9. The maximum Gasteiger partial charge on any atom is 0.299 e. The predicted molar refractivity (Wildman–Crippen MR) is 101 cm³/mol. The summed E-state index contributed by atoms with van der Waals surface area (Å²) in [6.07, 6.45) is 5.94. The second-order valence-electron chi connectivity index (χ2n) is 7.70. The first-order valence-electron chi connectivity index (χ1n) is 9.50. The van der Waals surface area contributed by atoms with Crippen LogP contribution in [0.25, 0.3) is 0 Å². The van der Waals surface area contributed by atoms with Crippen molar-refractivity contribution in [1.29, 1.82) is 0 Å². The van der Waals surface area contributed by atoms with Gasteiger partial charge in [0.05, 0.1) is 24.2 Å². The number of likely N-dealkylation sites (N-methyl/N-ethyl adjacent to an activating group) is 1. The highest BCUT2D eigenvalue weighted by atomic mass is 16.6. The average Bonchev–Trinajstić information content (AvgIpc) is 3.45. The molecule has 3 rings (SSSR count). The summed E-state index contributed by atoms with van der Waals surface area (Å²) >= 11 is 0. The van der Waals surface area contributed by atoms with Crippen molar-refractivity contribution in [3.63, 3.8) is 0 Å². The van der Waals surface area contributed by atoms with Crippen LogP contribution in [0.1, 0.15) is 45.2 Å². The minimum absolute atomic E-state index is 0.0801. The lowest BCUT2D eigenvalue weighted by Crippen LogP contribution is -2.50. The highest BCUT2D eigenvalue weighted by Crippen LogP contribution is 2.42. The molecule has 1 aromatic heterocycles. The van der Waals surface area contributed by atoms with Gasteiger partial charge >= 0.3 is 0 Å². The minimum atomic E-state index is -0.218. The molecule has 0 radical (unpaired) electrons. The number of hydrogen-bond acceptors (Lipinski definition) is 6. The lowest BCUT2D eigenvalue weighted by Gasteiger charge is -2.39. The number of aromatic nitrogens is 1. The van der Waals surface area contributed by atoms with Crippen molar-refractivity contribution in [2.45, 2.75) is 39.7 Å². The number of nitro groups is 1. The SMILES string of the molecule is CCN1CC([N+](=O)[O-])=C(NC(c2cccnc2)C2CC2)N(CC(C)C)C1. The molecular weight excluding hydrogens is 330 g/mol. The van der Waals surface area contributed by atoms with Gasteiger partial charge in [0.2, 0.25) is 0 Å². The van der Waals surface area contributed by atoms with Gasteiger partial charge in [0.25, 0.3) is 5.70 Å². The van der Waals surface area contributed by atoms with Gasteiger partial charge in [-0.15, -0.1) is 0 Å². The van der Waals surface area contributed by atoms with Gasteiger partial charge in [0.15, 0.2) is 5.82 Å². The maximum absolute atomic E-state index is 11.8. The molecule has 1 atom stereocenters. The molecule has 2 aliphatic rings. The lowest BCUT2D eigenvalue weighted by atomic mass is 10.0. The van der Waals surface area contributed by atoms with Crippen LogP contribution < -0.4 is 5.32 Å². The summed E-state index contributed by atoms with van der Waals surface area (Å²) in [6, 6.07) is 4.07. The van der Waals surface area contributed by atoms with Crippen LogP contribution in [0.2, 0.25) is 0 Å². The molecule has 7 heteroatoms. The number of pyridine rings is 1. The highest BCUT2D eigenvalue weighted by molar-refractivity contribution is 5.21. The van der Waals surface area contributed by atoms with Gasteiger partial charge in [-0.05, 0) is 42.9 Å². The number of hydrogen-bond donors (Lipinski definition) is 1. The van der Waals surface area contributed by atoms with E-state index < -0.39 is 0 Å². The smallest absolute Gasteiger partial charge is 0.299 e. The van der Waals surface area contributed by atoms with E-state index >= 15 is 0 Å². The van der Waals surface area contributed by atoms with E-state index in [4.69, 9.17) is 0 Å². The van der Waals surface area contributed by atoms with E-state index in [-0.39, 0.29) is 16.7 Å². The quantitative estimate of drug-likeness (QED) is 0.568. The van der Waals surface area contributed by atoms with E-state index in [1.165, 1.54) is 0 Å². The summed E-state index contributed by atoms with van der Waals surface area (Å²) in [7, 11) is 0. The Balaban J connectivity index is 1.94. The van der Waals surface area contributed by atoms with Crippen LogP contribution in [0.15, 0.2) is 36.0 Å². The van der Waals surface area contributed by atoms with Crippen molar-refractivity contribution in [2.24, 2.45) is 11.8 Å². The van der Waals surface area contributed by atoms with Gasteiger partial charge in [-0.25, -0.2) is 0 Å². The summed E-state index contributed by atoms with van der Waals surface area (Å²) in [5.74, 6) is 1.63. The van der Waals surface area contributed by atoms with Crippen LogP contribution in [-0.4, -0.2) is 46.0 Å². The van der Waals surface area contributed by atoms with Crippen LogP contribution in [0, 0.1) is 22.0 Å². The monoisotopic (exact) mass is 359 g/mol. The van der Waals surface area contributed by atoms with Crippen molar-refractivity contribution in [2.75, 3.05) is 26.3 Å². The van der Waals surface area contributed by atoms with Gasteiger partial charge < -0.3 is 10.2 Å². The third-order valence-electron chi connectivity index (χ3n) is 5.02. The van der Waals surface area contributed by atoms with Crippen molar-refractivity contribution >= 4 is 0 Å². The second-order valence-corrected chi connectivity index (χ2v) is 7.70. The summed E-state index contributed by atoms with van der Waals surface area (Å²) < 4.78 is 0. The van der Waals surface area contributed by atoms with Gasteiger partial charge in [0.1, 0.15) is 0 Å². The van der Waals surface area contributed by atoms with Gasteiger partial charge in [-0.3, -0.25) is 20.0 Å². The fourth-order valence-electron chi connectivity index (χ4n) is 3.56. The summed E-state index contributed by atoms with van der Waals surface area (Å²) in [5.41, 5.74) is 1.38. The topological polar surface area (TPSA) is 74.5 Å². The molecule has 1 unspecified atom stereocenters. The van der Waals surface area contributed by atoms with E-state index in [2.05, 4.69) is 40.0 Å². The Labute approximate surface area is 155 Å². The number of nitrogens with one attached hydrogen (secondary N) is 1. The van der Waals surface area contributed by atoms with E-state index in [0.717, 1.165) is 38.2 Å². The molecule has 0 bridgehead atoms. The molecule has 1 aliphatic carbocycles. The molecule has 0 saturated heterocycles. The van der Waals surface area contributed by atoms with Gasteiger partial charge in [-0.2, -0.15) is 0 Å². The maximum atomic E-state index is 11.8. The third-order valence-corrected chi connectivity index (χ3v) is 5.02. The van der Waals surface area contributed by atoms with Crippen molar-refractivity contribution in [3.05, 3.63) is 51.7 Å². The fourth-order valence-corrected chi connectivity index (χ4v) is 3.56. The Morgan fingerprint density at radius 2 is 2.19 bits per heavy atom. The molecular formula is C19H29N5O2. The van der Waals surface area contributed by atoms with Crippen molar-refractivity contribution in [1.82, 2.24) is 20.1 Å². The minimum Gasteiger partial charge on any atom is -0.359 e. The molecule has 26 heavy (non-hydrogen) atoms. The van der Waals surface area contributed by atoms with Crippen molar-refractivity contribution < 1.29 is 4.92 Å². The van der Waals surface area contributed by atoms with Gasteiger partial charge in [-0.1, -0.05) is 26.8 Å². The summed E-state index contributed by atoms with van der Waals surface area (Å²) in [6.45, 7) is 9.03. The molecule has 0 spiro atoms. The Kier molecular flexibility index (Phi) is 5.76. The lowest BCUT2D eigenvalue weighted by molar-refractivity contribution is -0.432. The Hall–Kier alpha value is -2.15. The zero-order chi connectivity index (χ0) is 18.7. The zero-order valence-corrected chi connectivity index (χ0v) is 15.9. The third kappa shape index (κ3) is 4.33. The molecule has 7 nitrogen and oxygen atoms in total. The molecule has 1 saturated carbocycles. The molecule has 2 heterocycles. The molecule has 0 amide bonds. The highest BCUT2D eigenvalue weighted by Gasteiger charge is 2.38. The molecule has 1 fully saturated rings. The number of nitrogens with zero attached hydrogens (tertiary/aromatic N) is 4. The first-order chi connectivity index (χ1) is 12.5. The molecule has 0 aromatic carbocycles. The van der Waals surface area contributed by atoms with Crippen LogP contribution >= 0.6 is 0 Å². The van der Waals surface area contributed by atoms with Crippen LogP contribution in [0.3, 0.4) is 0 Å². The first-order valence-corrected chi connectivity index (χ1v) is 9.50. The molecule has 1 N–H and O–H groups in total. The summed E-state index contributed by atoms with van der Waals surface area (Å²) in [4.78, 5) is 20.1. The largest absolute Gasteiger partial charge is 0.359 e. The fraction of sp³-hybridized carbons (Fsp3) is 0.632. The molecule has 1 aliphatic heterocycles. The molecule has 142 valence electrons. The average molecular weight is 359 g/mol. The second kappa shape index (κ2) is 8.03. The van der Waals surface area contributed by atoms with E-state index in [9.17, 15) is 10.1 Å². The first kappa shape index (κ1) is 18.6. The van der Waals surface area contributed by atoms with E-state index in [1.54, 1.807) is 6.20 Å². The van der Waals surface area contributed by atoms with Gasteiger partial charge in [0, 0.05) is 18.9 Å².